The van der Waals surface area contributed by atoms with Gasteiger partial charge in [0, 0.05) is 55.5 Å². The predicted octanol–water partition coefficient (Wildman–Crippen LogP) is 4.63. The van der Waals surface area contributed by atoms with Crippen molar-refractivity contribution in [1.82, 2.24) is 19.0 Å². The Labute approximate surface area is 200 Å². The molecule has 34 heavy (non-hydrogen) atoms. The van der Waals surface area contributed by atoms with Crippen molar-refractivity contribution in [2.45, 2.75) is 19.5 Å². The SMILES string of the molecule is C[C@H]1CN(c2ccc3c(c2)Cn2cc(-c4ccc(C#N)cc4)cc2-c2nccn2-3)C[C@H]1N(C)C. The van der Waals surface area contributed by atoms with Gasteiger partial charge in [-0.3, -0.25) is 4.57 Å². The van der Waals surface area contributed by atoms with Crippen LogP contribution in [0.5, 0.6) is 0 Å². The van der Waals surface area contributed by atoms with E-state index >= 15 is 0 Å². The number of imidazole rings is 1. The zero-order valence-electron chi connectivity index (χ0n) is 19.8. The van der Waals surface area contributed by atoms with Crippen LogP contribution in [0.1, 0.15) is 18.1 Å². The van der Waals surface area contributed by atoms with E-state index in [-0.39, 0.29) is 0 Å². The quantitative estimate of drug-likeness (QED) is 0.404. The van der Waals surface area contributed by atoms with Gasteiger partial charge in [0.15, 0.2) is 5.82 Å². The number of hydrogen-bond acceptors (Lipinski definition) is 4. The van der Waals surface area contributed by atoms with Crippen LogP contribution in [0.3, 0.4) is 0 Å². The molecule has 0 bridgehead atoms. The monoisotopic (exact) mass is 448 g/mol. The Balaban J connectivity index is 1.40. The van der Waals surface area contributed by atoms with Crippen LogP contribution >= 0.6 is 0 Å². The smallest absolute Gasteiger partial charge is 0.161 e. The fraction of sp³-hybridized carbons (Fsp3) is 0.286. The van der Waals surface area contributed by atoms with Gasteiger partial charge in [-0.15, -0.1) is 0 Å². The van der Waals surface area contributed by atoms with Crippen molar-refractivity contribution in [3.05, 3.63) is 78.2 Å². The largest absolute Gasteiger partial charge is 0.370 e. The highest BCUT2D eigenvalue weighted by atomic mass is 15.2. The summed E-state index contributed by atoms with van der Waals surface area (Å²) < 4.78 is 4.51. The Morgan fingerprint density at radius 1 is 1.03 bits per heavy atom. The van der Waals surface area contributed by atoms with Crippen LogP contribution in [-0.4, -0.2) is 52.2 Å². The lowest BCUT2D eigenvalue weighted by atomic mass is 10.1. The van der Waals surface area contributed by atoms with Crippen LogP contribution in [0.2, 0.25) is 0 Å². The van der Waals surface area contributed by atoms with Gasteiger partial charge in [-0.05, 0) is 67.5 Å². The summed E-state index contributed by atoms with van der Waals surface area (Å²) in [4.78, 5) is 9.59. The van der Waals surface area contributed by atoms with Gasteiger partial charge in [0.1, 0.15) is 0 Å². The van der Waals surface area contributed by atoms with E-state index in [1.165, 1.54) is 16.9 Å². The molecule has 0 radical (unpaired) electrons. The molecule has 4 aromatic rings. The molecule has 2 aromatic heterocycles. The molecule has 2 aliphatic heterocycles. The topological polar surface area (TPSA) is 53.0 Å². The van der Waals surface area contributed by atoms with E-state index < -0.39 is 0 Å². The molecule has 0 saturated carbocycles. The molecule has 1 saturated heterocycles. The Morgan fingerprint density at radius 2 is 1.85 bits per heavy atom. The highest BCUT2D eigenvalue weighted by Crippen LogP contribution is 2.36. The summed E-state index contributed by atoms with van der Waals surface area (Å²) in [6.07, 6.45) is 6.14. The lowest BCUT2D eigenvalue weighted by Crippen LogP contribution is -2.34. The zero-order chi connectivity index (χ0) is 23.4. The number of nitrogens with zero attached hydrogens (tertiary/aromatic N) is 6. The number of nitriles is 1. The van der Waals surface area contributed by atoms with E-state index in [0.717, 1.165) is 42.3 Å². The van der Waals surface area contributed by atoms with Crippen molar-refractivity contribution in [3.8, 4) is 34.4 Å². The number of aromatic nitrogens is 3. The molecule has 6 heteroatoms. The number of hydrogen-bond donors (Lipinski definition) is 0. The minimum Gasteiger partial charge on any atom is -0.370 e. The Kier molecular flexibility index (Phi) is 4.82. The van der Waals surface area contributed by atoms with Crippen molar-refractivity contribution >= 4 is 5.69 Å². The van der Waals surface area contributed by atoms with Crippen molar-refractivity contribution in [3.63, 3.8) is 0 Å². The van der Waals surface area contributed by atoms with Gasteiger partial charge in [0.05, 0.1) is 23.0 Å². The number of benzene rings is 2. The maximum absolute atomic E-state index is 9.13. The molecule has 4 heterocycles. The second kappa shape index (κ2) is 7.89. The normalized spacial score (nSPS) is 18.9. The molecule has 1 fully saturated rings. The van der Waals surface area contributed by atoms with Crippen LogP contribution < -0.4 is 4.90 Å². The Hall–Kier alpha value is -3.82. The molecule has 0 unspecified atom stereocenters. The van der Waals surface area contributed by atoms with Crippen LogP contribution in [0.15, 0.2) is 67.1 Å². The lowest BCUT2D eigenvalue weighted by Gasteiger charge is -2.23. The van der Waals surface area contributed by atoms with Crippen LogP contribution in [0.4, 0.5) is 5.69 Å². The maximum atomic E-state index is 9.13. The second-order valence-electron chi connectivity index (χ2n) is 9.78. The molecular weight excluding hydrogens is 420 g/mol. The molecule has 0 aliphatic carbocycles. The first-order valence-electron chi connectivity index (χ1n) is 11.8. The van der Waals surface area contributed by atoms with Gasteiger partial charge in [-0.2, -0.15) is 5.26 Å². The third-order valence-corrected chi connectivity index (χ3v) is 7.38. The number of likely N-dealkylation sites (N-methyl/N-ethyl adjacent to an activating group) is 1. The van der Waals surface area contributed by atoms with E-state index in [2.05, 4.69) is 82.7 Å². The van der Waals surface area contributed by atoms with E-state index in [1.807, 2.05) is 30.5 Å². The van der Waals surface area contributed by atoms with Gasteiger partial charge in [0.2, 0.25) is 0 Å². The summed E-state index contributed by atoms with van der Waals surface area (Å²) in [7, 11) is 4.36. The van der Waals surface area contributed by atoms with Gasteiger partial charge < -0.3 is 14.4 Å². The van der Waals surface area contributed by atoms with Crippen molar-refractivity contribution in [2.75, 3.05) is 32.1 Å². The summed E-state index contributed by atoms with van der Waals surface area (Å²) in [6.45, 7) is 5.28. The highest BCUT2D eigenvalue weighted by molar-refractivity contribution is 5.72. The average molecular weight is 449 g/mol. The molecule has 0 spiro atoms. The number of fused-ring (bicyclic) bond motifs is 5. The molecule has 2 aromatic carbocycles. The van der Waals surface area contributed by atoms with Crippen molar-refractivity contribution < 1.29 is 0 Å². The van der Waals surface area contributed by atoms with E-state index in [0.29, 0.717) is 17.5 Å². The van der Waals surface area contributed by atoms with Gasteiger partial charge in [0.25, 0.3) is 0 Å². The van der Waals surface area contributed by atoms with Crippen LogP contribution in [0.25, 0.3) is 28.3 Å². The molecule has 2 aliphatic rings. The lowest BCUT2D eigenvalue weighted by molar-refractivity contribution is 0.266. The summed E-state index contributed by atoms with van der Waals surface area (Å²) in [6, 6.07) is 19.6. The predicted molar refractivity (Wildman–Crippen MR) is 135 cm³/mol. The molecule has 0 amide bonds. The van der Waals surface area contributed by atoms with Crippen LogP contribution in [0, 0.1) is 17.2 Å². The number of anilines is 1. The third-order valence-electron chi connectivity index (χ3n) is 7.38. The Morgan fingerprint density at radius 3 is 2.59 bits per heavy atom. The first-order chi connectivity index (χ1) is 16.5. The molecule has 0 N–H and O–H groups in total. The third kappa shape index (κ3) is 3.32. The first kappa shape index (κ1) is 20.8. The second-order valence-corrected chi connectivity index (χ2v) is 9.78. The number of rotatable bonds is 3. The summed E-state index contributed by atoms with van der Waals surface area (Å²) in [5, 5.41) is 9.13. The minimum absolute atomic E-state index is 0.574. The zero-order valence-corrected chi connectivity index (χ0v) is 19.8. The van der Waals surface area contributed by atoms with Gasteiger partial charge in [-0.1, -0.05) is 19.1 Å². The molecule has 2 atom stereocenters. The summed E-state index contributed by atoms with van der Waals surface area (Å²) >= 11 is 0. The standard InChI is InChI=1S/C28H28N6/c1-19-15-32(18-27(19)31(2)3)24-8-9-25-23(12-24)17-33-16-22(21-6-4-20(14-29)5-7-21)13-26(33)28-30-10-11-34(25)28/h4-13,16,19,27H,15,17-18H2,1-3H3/t19-,27+/m0/s1. The fourth-order valence-electron chi connectivity index (χ4n) is 5.56. The first-order valence-corrected chi connectivity index (χ1v) is 11.8. The molecular formula is C28H28N6. The Bertz CT molecular complexity index is 1400. The van der Waals surface area contributed by atoms with Crippen LogP contribution in [-0.2, 0) is 6.54 Å². The molecule has 6 rings (SSSR count). The van der Waals surface area contributed by atoms with Crippen molar-refractivity contribution in [2.24, 2.45) is 5.92 Å². The summed E-state index contributed by atoms with van der Waals surface area (Å²) in [5.41, 5.74) is 7.79. The minimum atomic E-state index is 0.574. The van der Waals surface area contributed by atoms with Crippen molar-refractivity contribution in [1.29, 1.82) is 5.26 Å². The fourth-order valence-corrected chi connectivity index (χ4v) is 5.56. The molecule has 170 valence electrons. The van der Waals surface area contributed by atoms with Gasteiger partial charge in [-0.25, -0.2) is 4.98 Å². The highest BCUT2D eigenvalue weighted by Gasteiger charge is 2.31. The maximum Gasteiger partial charge on any atom is 0.161 e. The molecule has 6 nitrogen and oxygen atoms in total. The summed E-state index contributed by atoms with van der Waals surface area (Å²) in [5.74, 6) is 1.59. The van der Waals surface area contributed by atoms with E-state index in [4.69, 9.17) is 10.2 Å². The van der Waals surface area contributed by atoms with Gasteiger partial charge >= 0.3 is 0 Å². The average Bonchev–Trinajstić information content (AvgIpc) is 3.56. The van der Waals surface area contributed by atoms with E-state index in [9.17, 15) is 0 Å². The van der Waals surface area contributed by atoms with E-state index in [1.54, 1.807) is 0 Å².